The number of ether oxygens (including phenoxy) is 1. The molecule has 0 heterocycles. The predicted molar refractivity (Wildman–Crippen MR) is 63.2 cm³/mol. The van der Waals surface area contributed by atoms with Crippen molar-refractivity contribution in [2.45, 2.75) is 6.92 Å². The van der Waals surface area contributed by atoms with Crippen LogP contribution in [0.1, 0.15) is 5.56 Å². The Hall–Kier alpha value is 0.480. The highest BCUT2D eigenvalue weighted by Gasteiger charge is 2.02. The summed E-state index contributed by atoms with van der Waals surface area (Å²) in [6.45, 7) is 2.08. The van der Waals surface area contributed by atoms with E-state index in [1.807, 2.05) is 0 Å². The first-order valence-electron chi connectivity index (χ1n) is 3.15. The Morgan fingerprint density at radius 2 is 1.82 bits per heavy atom. The first-order chi connectivity index (χ1) is 5.15. The molecular weight excluding hydrogens is 366 g/mol. The summed E-state index contributed by atoms with van der Waals surface area (Å²) in [5.41, 5.74) is 1.27. The molecule has 1 aromatic rings. The lowest BCUT2D eigenvalue weighted by Gasteiger charge is -2.05. The van der Waals surface area contributed by atoms with Crippen LogP contribution in [-0.2, 0) is 0 Å². The Bertz CT molecular complexity index is 271. The Morgan fingerprint density at radius 3 is 2.36 bits per heavy atom. The van der Waals surface area contributed by atoms with Gasteiger partial charge in [-0.05, 0) is 69.8 Å². The van der Waals surface area contributed by atoms with Crippen LogP contribution in [0.4, 0.5) is 0 Å². The average molecular weight is 374 g/mol. The average Bonchev–Trinajstić information content (AvgIpc) is 1.97. The van der Waals surface area contributed by atoms with Gasteiger partial charge in [-0.1, -0.05) is 0 Å². The maximum absolute atomic E-state index is 5.17. The maximum atomic E-state index is 5.17. The monoisotopic (exact) mass is 374 g/mol. The van der Waals surface area contributed by atoms with Crippen LogP contribution in [0, 0.1) is 14.1 Å². The van der Waals surface area contributed by atoms with E-state index in [1.165, 1.54) is 12.7 Å². The van der Waals surface area contributed by atoms with Crippen molar-refractivity contribution < 1.29 is 4.74 Å². The Kier molecular flexibility index (Phi) is 3.42. The summed E-state index contributed by atoms with van der Waals surface area (Å²) in [4.78, 5) is 0. The highest BCUT2D eigenvalue weighted by molar-refractivity contribution is 14.1. The Labute approximate surface area is 93.8 Å². The van der Waals surface area contributed by atoms with Gasteiger partial charge in [-0.2, -0.15) is 0 Å². The third-order valence-corrected chi connectivity index (χ3v) is 3.44. The molecule has 60 valence electrons. The molecule has 3 heteroatoms. The van der Waals surface area contributed by atoms with E-state index in [4.69, 9.17) is 4.74 Å². The van der Waals surface area contributed by atoms with Crippen LogP contribution >= 0.6 is 45.2 Å². The van der Waals surface area contributed by atoms with Gasteiger partial charge >= 0.3 is 0 Å². The largest absolute Gasteiger partial charge is 0.496 e. The normalized spacial score (nSPS) is 9.82. The minimum Gasteiger partial charge on any atom is -0.496 e. The van der Waals surface area contributed by atoms with Crippen molar-refractivity contribution in [2.75, 3.05) is 7.11 Å². The van der Waals surface area contributed by atoms with E-state index in [-0.39, 0.29) is 0 Å². The molecular formula is C8H8I2O. The topological polar surface area (TPSA) is 9.23 Å². The number of hydrogen-bond donors (Lipinski definition) is 0. The van der Waals surface area contributed by atoms with E-state index >= 15 is 0 Å². The standard InChI is InChI=1S/C8H8I2O/c1-5-3-8(11-2)7(10)4-6(5)9/h3-4H,1-2H3. The summed E-state index contributed by atoms with van der Waals surface area (Å²) in [7, 11) is 1.70. The van der Waals surface area contributed by atoms with Gasteiger partial charge in [-0.3, -0.25) is 0 Å². The van der Waals surface area contributed by atoms with Crippen molar-refractivity contribution in [1.82, 2.24) is 0 Å². The number of benzene rings is 1. The molecule has 0 fully saturated rings. The van der Waals surface area contributed by atoms with Crippen LogP contribution in [0.15, 0.2) is 12.1 Å². The maximum Gasteiger partial charge on any atom is 0.132 e. The fourth-order valence-electron chi connectivity index (χ4n) is 0.787. The zero-order valence-corrected chi connectivity index (χ0v) is 10.6. The van der Waals surface area contributed by atoms with Gasteiger partial charge < -0.3 is 4.74 Å². The molecule has 0 aliphatic rings. The van der Waals surface area contributed by atoms with Gasteiger partial charge in [0.05, 0.1) is 10.7 Å². The van der Waals surface area contributed by atoms with E-state index in [9.17, 15) is 0 Å². The minimum absolute atomic E-state index is 0.962. The smallest absolute Gasteiger partial charge is 0.132 e. The summed E-state index contributed by atoms with van der Waals surface area (Å²) in [6.07, 6.45) is 0. The van der Waals surface area contributed by atoms with Crippen molar-refractivity contribution in [2.24, 2.45) is 0 Å². The van der Waals surface area contributed by atoms with Crippen molar-refractivity contribution in [1.29, 1.82) is 0 Å². The lowest BCUT2D eigenvalue weighted by Crippen LogP contribution is -1.89. The second kappa shape index (κ2) is 3.93. The molecule has 0 spiro atoms. The van der Waals surface area contributed by atoms with Crippen molar-refractivity contribution in [3.05, 3.63) is 24.8 Å². The summed E-state index contributed by atoms with van der Waals surface area (Å²) in [5.74, 6) is 0.962. The number of hydrogen-bond acceptors (Lipinski definition) is 1. The van der Waals surface area contributed by atoms with Crippen LogP contribution in [0.25, 0.3) is 0 Å². The van der Waals surface area contributed by atoms with Gasteiger partial charge in [0.15, 0.2) is 0 Å². The molecule has 0 atom stereocenters. The van der Waals surface area contributed by atoms with E-state index in [1.54, 1.807) is 7.11 Å². The molecule has 0 aliphatic heterocycles. The van der Waals surface area contributed by atoms with Crippen LogP contribution < -0.4 is 4.74 Å². The zero-order valence-electron chi connectivity index (χ0n) is 6.32. The molecule has 1 rings (SSSR count). The number of halogens is 2. The highest BCUT2D eigenvalue weighted by Crippen LogP contribution is 2.25. The number of aryl methyl sites for hydroxylation is 1. The number of rotatable bonds is 1. The molecule has 1 aromatic carbocycles. The third kappa shape index (κ3) is 2.21. The molecule has 0 saturated carbocycles. The number of methoxy groups -OCH3 is 1. The van der Waals surface area contributed by atoms with E-state index < -0.39 is 0 Å². The van der Waals surface area contributed by atoms with E-state index in [0.717, 1.165) is 5.75 Å². The van der Waals surface area contributed by atoms with Crippen LogP contribution in [0.3, 0.4) is 0 Å². The molecule has 0 bridgehead atoms. The van der Waals surface area contributed by atoms with Gasteiger partial charge in [0.1, 0.15) is 5.75 Å². The molecule has 0 N–H and O–H groups in total. The van der Waals surface area contributed by atoms with Gasteiger partial charge in [0, 0.05) is 3.57 Å². The fraction of sp³-hybridized carbons (Fsp3) is 0.250. The van der Waals surface area contributed by atoms with Crippen LogP contribution in [0.5, 0.6) is 5.75 Å². The molecule has 1 nitrogen and oxygen atoms in total. The Balaban J connectivity index is 3.21. The summed E-state index contributed by atoms with van der Waals surface area (Å²) < 4.78 is 7.62. The minimum atomic E-state index is 0.962. The predicted octanol–water partition coefficient (Wildman–Crippen LogP) is 3.21. The Morgan fingerprint density at radius 1 is 1.18 bits per heavy atom. The van der Waals surface area contributed by atoms with Gasteiger partial charge in [-0.15, -0.1) is 0 Å². The first-order valence-corrected chi connectivity index (χ1v) is 5.30. The van der Waals surface area contributed by atoms with Gasteiger partial charge in [0.2, 0.25) is 0 Å². The summed E-state index contributed by atoms with van der Waals surface area (Å²) >= 11 is 4.60. The van der Waals surface area contributed by atoms with Crippen LogP contribution in [-0.4, -0.2) is 7.11 Å². The fourth-order valence-corrected chi connectivity index (χ4v) is 2.54. The van der Waals surface area contributed by atoms with E-state index in [0.29, 0.717) is 0 Å². The lowest BCUT2D eigenvalue weighted by molar-refractivity contribution is 0.411. The molecule has 0 aliphatic carbocycles. The molecule has 0 radical (unpaired) electrons. The zero-order chi connectivity index (χ0) is 8.43. The molecule has 0 saturated heterocycles. The molecule has 0 aromatic heterocycles. The third-order valence-electron chi connectivity index (χ3n) is 1.43. The quantitative estimate of drug-likeness (QED) is 0.687. The molecule has 0 amide bonds. The second-order valence-electron chi connectivity index (χ2n) is 2.24. The SMILES string of the molecule is COc1cc(C)c(I)cc1I. The van der Waals surface area contributed by atoms with Crippen molar-refractivity contribution >= 4 is 45.2 Å². The first kappa shape index (κ1) is 9.57. The van der Waals surface area contributed by atoms with Crippen LogP contribution in [0.2, 0.25) is 0 Å². The summed E-state index contributed by atoms with van der Waals surface area (Å²) in [5, 5.41) is 0. The molecule has 0 unspecified atom stereocenters. The molecule has 11 heavy (non-hydrogen) atoms. The van der Waals surface area contributed by atoms with Crippen molar-refractivity contribution in [3.8, 4) is 5.75 Å². The lowest BCUT2D eigenvalue weighted by atomic mass is 10.2. The van der Waals surface area contributed by atoms with Gasteiger partial charge in [-0.25, -0.2) is 0 Å². The van der Waals surface area contributed by atoms with E-state index in [2.05, 4.69) is 64.2 Å². The summed E-state index contributed by atoms with van der Waals surface area (Å²) in [6, 6.07) is 4.18. The van der Waals surface area contributed by atoms with Crippen molar-refractivity contribution in [3.63, 3.8) is 0 Å². The van der Waals surface area contributed by atoms with Gasteiger partial charge in [0.25, 0.3) is 0 Å². The highest BCUT2D eigenvalue weighted by atomic mass is 127. The second-order valence-corrected chi connectivity index (χ2v) is 4.56.